The molecule has 0 spiro atoms. The number of ether oxygens (including phenoxy) is 1. The number of carbonyl (C=O) groups is 1. The molecule has 31 heavy (non-hydrogen) atoms. The van der Waals surface area contributed by atoms with Crippen LogP contribution < -0.4 is 0 Å². The molecule has 1 heterocycles. The summed E-state index contributed by atoms with van der Waals surface area (Å²) < 4.78 is 29.1. The second-order valence-corrected chi connectivity index (χ2v) is 13.4. The summed E-state index contributed by atoms with van der Waals surface area (Å²) in [6.45, 7) is 6.10. The molecule has 180 valence electrons. The molecule has 7 nitrogen and oxygen atoms in total. The van der Waals surface area contributed by atoms with Crippen LogP contribution in [-0.4, -0.2) is 68.8 Å². The van der Waals surface area contributed by atoms with Gasteiger partial charge in [0.15, 0.2) is 0 Å². The van der Waals surface area contributed by atoms with Gasteiger partial charge in [-0.25, -0.2) is 0 Å². The molecule has 2 rings (SSSR count). The van der Waals surface area contributed by atoms with Crippen LogP contribution in [0.2, 0.25) is 10.1 Å². The molecule has 6 atom stereocenters. The van der Waals surface area contributed by atoms with Crippen LogP contribution in [0, 0.1) is 11.8 Å². The van der Waals surface area contributed by atoms with Crippen LogP contribution in [0.15, 0.2) is 12.2 Å². The van der Waals surface area contributed by atoms with E-state index < -0.39 is 19.8 Å². The maximum atomic E-state index is 12.8. The van der Waals surface area contributed by atoms with E-state index in [0.717, 1.165) is 19.3 Å². The zero-order valence-electron chi connectivity index (χ0n) is 19.0. The van der Waals surface area contributed by atoms with E-state index >= 15 is 0 Å². The van der Waals surface area contributed by atoms with Crippen molar-refractivity contribution < 1.29 is 33.4 Å². The Bertz CT molecular complexity index is 619. The Hall–Kier alpha value is -0.201. The summed E-state index contributed by atoms with van der Waals surface area (Å²) in [5.41, 5.74) is 0. The third-order valence-electron chi connectivity index (χ3n) is 5.87. The Morgan fingerprint density at radius 1 is 1.23 bits per heavy atom. The maximum absolute atomic E-state index is 12.8. The van der Waals surface area contributed by atoms with Gasteiger partial charge in [0, 0.05) is 0 Å². The summed E-state index contributed by atoms with van der Waals surface area (Å²) in [7, 11) is -3.15. The molecular formula is C22H39O7PSe. The zero-order valence-corrected chi connectivity index (χ0v) is 21.6. The molecule has 1 fully saturated rings. The fourth-order valence-electron chi connectivity index (χ4n) is 4.41. The van der Waals surface area contributed by atoms with Gasteiger partial charge in [-0.3, -0.25) is 0 Å². The first-order valence-electron chi connectivity index (χ1n) is 11.5. The molecule has 2 aliphatic rings. The molecule has 0 aromatic heterocycles. The molecule has 9 heteroatoms. The molecule has 0 radical (unpaired) electrons. The van der Waals surface area contributed by atoms with Gasteiger partial charge in [-0.1, -0.05) is 0 Å². The van der Waals surface area contributed by atoms with Crippen LogP contribution in [0.3, 0.4) is 0 Å². The van der Waals surface area contributed by atoms with Crippen molar-refractivity contribution in [1.29, 1.82) is 0 Å². The molecule has 0 bridgehead atoms. The van der Waals surface area contributed by atoms with E-state index in [1.807, 2.05) is 6.92 Å². The van der Waals surface area contributed by atoms with Gasteiger partial charge in [0.1, 0.15) is 0 Å². The zero-order chi connectivity index (χ0) is 22.9. The third-order valence-corrected chi connectivity index (χ3v) is 11.4. The molecule has 1 aliphatic heterocycles. The van der Waals surface area contributed by atoms with Crippen LogP contribution in [0.5, 0.6) is 0 Å². The van der Waals surface area contributed by atoms with Gasteiger partial charge in [-0.2, -0.15) is 0 Å². The molecule has 0 aromatic carbocycles. The fraction of sp³-hybridized carbons (Fsp3) is 0.864. The molecule has 2 N–H and O–H groups in total. The van der Waals surface area contributed by atoms with Gasteiger partial charge >= 0.3 is 193 Å². The summed E-state index contributed by atoms with van der Waals surface area (Å²) >= 11 is -0.159. The number of esters is 1. The molecular weight excluding hydrogens is 486 g/mol. The van der Waals surface area contributed by atoms with E-state index in [1.54, 1.807) is 13.8 Å². The Morgan fingerprint density at radius 3 is 2.61 bits per heavy atom. The van der Waals surface area contributed by atoms with Crippen LogP contribution in [-0.2, 0) is 23.1 Å². The monoisotopic (exact) mass is 526 g/mol. The molecule has 1 aliphatic carbocycles. The van der Waals surface area contributed by atoms with Gasteiger partial charge in [0.05, 0.1) is 0 Å². The quantitative estimate of drug-likeness (QED) is 0.214. The van der Waals surface area contributed by atoms with Crippen molar-refractivity contribution in [2.24, 2.45) is 11.8 Å². The average Bonchev–Trinajstić information content (AvgIpc) is 3.06. The van der Waals surface area contributed by atoms with Crippen molar-refractivity contribution in [3.05, 3.63) is 12.2 Å². The van der Waals surface area contributed by atoms with E-state index in [1.165, 1.54) is 0 Å². The van der Waals surface area contributed by atoms with E-state index in [9.17, 15) is 19.6 Å². The minimum atomic E-state index is -3.15. The van der Waals surface area contributed by atoms with Crippen molar-refractivity contribution in [1.82, 2.24) is 0 Å². The summed E-state index contributed by atoms with van der Waals surface area (Å²) in [5.74, 6) is -0.274. The number of carbonyl (C=O) groups excluding carboxylic acids is 1. The molecule has 0 saturated heterocycles. The van der Waals surface area contributed by atoms with Crippen molar-refractivity contribution >= 4 is 28.5 Å². The van der Waals surface area contributed by atoms with Gasteiger partial charge < -0.3 is 0 Å². The number of aliphatic hydroxyl groups excluding tert-OH is 2. The fourth-order valence-corrected chi connectivity index (χ4v) is 9.93. The van der Waals surface area contributed by atoms with Crippen LogP contribution >= 0.6 is 7.60 Å². The number of rotatable bonds is 8. The van der Waals surface area contributed by atoms with Crippen LogP contribution in [0.4, 0.5) is 0 Å². The van der Waals surface area contributed by atoms with Gasteiger partial charge in [-0.05, 0) is 0 Å². The summed E-state index contributed by atoms with van der Waals surface area (Å²) in [6, 6.07) is 0. The molecule has 0 amide bonds. The number of hydrogen-bond donors (Lipinski definition) is 2. The third kappa shape index (κ3) is 8.92. The topological polar surface area (TPSA) is 102 Å². The molecule has 1 saturated carbocycles. The first-order valence-corrected chi connectivity index (χ1v) is 15.4. The van der Waals surface area contributed by atoms with Gasteiger partial charge in [0.2, 0.25) is 0 Å². The Labute approximate surface area is 193 Å². The number of allylic oxidation sites excluding steroid dienone is 2. The van der Waals surface area contributed by atoms with Crippen molar-refractivity contribution in [2.75, 3.05) is 19.4 Å². The molecule has 0 unspecified atom stereocenters. The number of cyclic esters (lactones) is 1. The Kier molecular flexibility index (Phi) is 11.8. The number of fused-ring (bicyclic) bond motifs is 1. The minimum absolute atomic E-state index is 0.0883. The Balaban J connectivity index is 2.13. The van der Waals surface area contributed by atoms with E-state index in [4.69, 9.17) is 13.8 Å². The average molecular weight is 525 g/mol. The van der Waals surface area contributed by atoms with E-state index in [0.29, 0.717) is 31.4 Å². The Morgan fingerprint density at radius 2 is 1.94 bits per heavy atom. The predicted octanol–water partition coefficient (Wildman–Crippen LogP) is 3.97. The van der Waals surface area contributed by atoms with E-state index in [-0.39, 0.29) is 56.3 Å². The van der Waals surface area contributed by atoms with Gasteiger partial charge in [-0.15, -0.1) is 0 Å². The van der Waals surface area contributed by atoms with Gasteiger partial charge in [0.25, 0.3) is 0 Å². The number of aliphatic hydroxyl groups is 2. The van der Waals surface area contributed by atoms with Crippen molar-refractivity contribution in [3.63, 3.8) is 0 Å². The van der Waals surface area contributed by atoms with Crippen LogP contribution in [0.25, 0.3) is 0 Å². The van der Waals surface area contributed by atoms with Crippen LogP contribution in [0.1, 0.15) is 59.3 Å². The summed E-state index contributed by atoms with van der Waals surface area (Å²) in [5, 5.41) is 22.1. The number of hydrogen-bond acceptors (Lipinski definition) is 7. The normalized spacial score (nSPS) is 34.2. The predicted molar refractivity (Wildman–Crippen MR) is 121 cm³/mol. The first-order chi connectivity index (χ1) is 14.8. The SMILES string of the molecule is CCOP(=O)(CC[Se][C@@H]1CC(=O)O[C@@H](C)CCC/C=C/[C@@H]2C[C@H](O)C[C@H]2[C@@H]1O)OCC. The van der Waals surface area contributed by atoms with E-state index in [2.05, 4.69) is 12.2 Å². The summed E-state index contributed by atoms with van der Waals surface area (Å²) in [6.07, 6.45) is 7.20. The second-order valence-electron chi connectivity index (χ2n) is 8.39. The first kappa shape index (κ1) is 27.0. The molecule has 0 aromatic rings. The second kappa shape index (κ2) is 13.5. The van der Waals surface area contributed by atoms with Crippen molar-refractivity contribution in [2.45, 2.75) is 87.7 Å². The standard InChI is InChI=1S/C22H39O7PSe/c1-4-27-30(26,28-5-2)11-12-31-20-15-21(24)29-16(3)9-7-6-8-10-17-13-18(23)14-19(17)22(20)25/h8,10,16-20,22-23,25H,4-7,9,11-15H2,1-3H3/b10-8+/t16-,17+,18-,19+,20+,22-/m0/s1. The van der Waals surface area contributed by atoms with Crippen molar-refractivity contribution in [3.8, 4) is 0 Å². The summed E-state index contributed by atoms with van der Waals surface area (Å²) in [4.78, 5) is 12.3.